The van der Waals surface area contributed by atoms with Crippen LogP contribution in [0.2, 0.25) is 10.0 Å². The van der Waals surface area contributed by atoms with E-state index in [1.165, 1.54) is 6.08 Å². The fourth-order valence-corrected chi connectivity index (χ4v) is 3.17. The third-order valence-corrected chi connectivity index (χ3v) is 4.93. The minimum atomic E-state index is -0.458. The molecule has 0 spiro atoms. The number of ether oxygens (including phenoxy) is 1. The minimum Gasteiger partial charge on any atom is -0.492 e. The van der Waals surface area contributed by atoms with Crippen molar-refractivity contribution in [2.24, 2.45) is 0 Å². The summed E-state index contributed by atoms with van der Waals surface area (Å²) in [5, 5.41) is 0.970. The SMILES string of the molecule is CN(C)CCOc1ccc(/C=c2\[nH]c(=O)/c(=C/c3c(Cl)cccc3Cl)[nH]c2=O)cc1. The maximum Gasteiger partial charge on any atom is 0.272 e. The van der Waals surface area contributed by atoms with Crippen LogP contribution in [0.5, 0.6) is 5.75 Å². The standard InChI is InChI=1S/C22H21Cl2N3O3/c1-27(2)10-11-30-15-8-6-14(7-9-15)12-19-21(28)26-20(22(29)25-19)13-16-17(23)4-3-5-18(16)24/h3-9,12-13H,10-11H2,1-2H3,(H,25,29)(H,26,28)/b19-12-,20-13-. The molecule has 30 heavy (non-hydrogen) atoms. The lowest BCUT2D eigenvalue weighted by Crippen LogP contribution is -2.46. The van der Waals surface area contributed by atoms with Crippen LogP contribution >= 0.6 is 23.2 Å². The molecule has 0 amide bonds. The van der Waals surface area contributed by atoms with Gasteiger partial charge in [-0.3, -0.25) is 9.59 Å². The first kappa shape index (κ1) is 21.9. The van der Waals surface area contributed by atoms with E-state index >= 15 is 0 Å². The van der Waals surface area contributed by atoms with Crippen molar-refractivity contribution in [1.82, 2.24) is 14.9 Å². The van der Waals surface area contributed by atoms with E-state index in [-0.39, 0.29) is 10.7 Å². The zero-order valence-electron chi connectivity index (χ0n) is 16.5. The molecule has 1 heterocycles. The van der Waals surface area contributed by atoms with E-state index < -0.39 is 11.1 Å². The average molecular weight is 446 g/mol. The Balaban J connectivity index is 1.90. The van der Waals surface area contributed by atoms with Crippen LogP contribution in [0.1, 0.15) is 11.1 Å². The molecule has 0 saturated heterocycles. The van der Waals surface area contributed by atoms with E-state index in [9.17, 15) is 9.59 Å². The zero-order valence-corrected chi connectivity index (χ0v) is 18.1. The number of hydrogen-bond acceptors (Lipinski definition) is 4. The second-order valence-corrected chi connectivity index (χ2v) is 7.69. The molecule has 0 aliphatic carbocycles. The Morgan fingerprint density at radius 3 is 2.03 bits per heavy atom. The number of aromatic nitrogens is 2. The van der Waals surface area contributed by atoms with Gasteiger partial charge in [-0.25, -0.2) is 0 Å². The molecular formula is C22H21Cl2N3O3. The van der Waals surface area contributed by atoms with Crippen LogP contribution in [0.25, 0.3) is 12.2 Å². The number of halogens is 2. The number of nitrogens with one attached hydrogen (secondary N) is 2. The van der Waals surface area contributed by atoms with Gasteiger partial charge in [0.15, 0.2) is 0 Å². The van der Waals surface area contributed by atoms with E-state index in [4.69, 9.17) is 27.9 Å². The van der Waals surface area contributed by atoms with Crippen molar-refractivity contribution >= 4 is 35.4 Å². The van der Waals surface area contributed by atoms with Gasteiger partial charge in [0.1, 0.15) is 23.1 Å². The van der Waals surface area contributed by atoms with E-state index in [0.29, 0.717) is 22.2 Å². The lowest BCUT2D eigenvalue weighted by atomic mass is 10.2. The van der Waals surface area contributed by atoms with Gasteiger partial charge in [-0.05, 0) is 56.1 Å². The molecule has 3 rings (SSSR count). The monoisotopic (exact) mass is 445 g/mol. The maximum atomic E-state index is 12.5. The topological polar surface area (TPSA) is 78.2 Å². The quantitative estimate of drug-likeness (QED) is 0.607. The highest BCUT2D eigenvalue weighted by Gasteiger charge is 2.04. The third-order valence-electron chi connectivity index (χ3n) is 4.27. The second-order valence-electron chi connectivity index (χ2n) is 6.88. The van der Waals surface area contributed by atoms with E-state index in [1.54, 1.807) is 24.3 Å². The molecule has 0 aliphatic rings. The first-order valence-corrected chi connectivity index (χ1v) is 9.97. The lowest BCUT2D eigenvalue weighted by molar-refractivity contribution is 0.261. The van der Waals surface area contributed by atoms with Crippen LogP contribution in [0.3, 0.4) is 0 Å². The fraction of sp³-hybridized carbons (Fsp3) is 0.182. The second kappa shape index (κ2) is 9.80. The van der Waals surface area contributed by atoms with Gasteiger partial charge < -0.3 is 19.6 Å². The van der Waals surface area contributed by atoms with Crippen molar-refractivity contribution in [3.63, 3.8) is 0 Å². The maximum absolute atomic E-state index is 12.5. The summed E-state index contributed by atoms with van der Waals surface area (Å²) in [6.45, 7) is 1.39. The van der Waals surface area contributed by atoms with Gasteiger partial charge in [0.05, 0.1) is 0 Å². The Hall–Kier alpha value is -2.80. The summed E-state index contributed by atoms with van der Waals surface area (Å²) in [4.78, 5) is 32.1. The van der Waals surface area contributed by atoms with Gasteiger partial charge in [0.25, 0.3) is 11.1 Å². The highest BCUT2D eigenvalue weighted by atomic mass is 35.5. The predicted molar refractivity (Wildman–Crippen MR) is 121 cm³/mol. The number of nitrogens with zero attached hydrogens (tertiary/aromatic N) is 1. The molecule has 8 heteroatoms. The van der Waals surface area contributed by atoms with Crippen LogP contribution in [0, 0.1) is 0 Å². The van der Waals surface area contributed by atoms with Crippen LogP contribution in [-0.4, -0.2) is 42.1 Å². The molecule has 2 aromatic carbocycles. The molecule has 156 valence electrons. The normalized spacial score (nSPS) is 12.6. The summed E-state index contributed by atoms with van der Waals surface area (Å²) in [5.41, 5.74) is 0.321. The Morgan fingerprint density at radius 2 is 1.47 bits per heavy atom. The highest BCUT2D eigenvalue weighted by molar-refractivity contribution is 6.37. The Morgan fingerprint density at radius 1 is 0.900 bits per heavy atom. The Kier molecular flexibility index (Phi) is 7.15. The van der Waals surface area contributed by atoms with Gasteiger partial charge in [-0.15, -0.1) is 0 Å². The van der Waals surface area contributed by atoms with Gasteiger partial charge in [-0.2, -0.15) is 0 Å². The Labute approximate surface area is 183 Å². The van der Waals surface area contributed by atoms with Crippen LogP contribution in [-0.2, 0) is 0 Å². The van der Waals surface area contributed by atoms with Crippen LogP contribution < -0.4 is 26.6 Å². The summed E-state index contributed by atoms with van der Waals surface area (Å²) < 4.78 is 5.65. The summed E-state index contributed by atoms with van der Waals surface area (Å²) in [7, 11) is 3.96. The first-order chi connectivity index (χ1) is 14.3. The van der Waals surface area contributed by atoms with Gasteiger partial charge in [0, 0.05) is 22.2 Å². The van der Waals surface area contributed by atoms with Gasteiger partial charge in [0.2, 0.25) is 0 Å². The molecule has 0 fully saturated rings. The van der Waals surface area contributed by atoms with E-state index in [1.807, 2.05) is 43.3 Å². The number of H-pyrrole nitrogens is 2. The molecule has 6 nitrogen and oxygen atoms in total. The number of aromatic amines is 2. The van der Waals surface area contributed by atoms with Crippen molar-refractivity contribution in [2.75, 3.05) is 27.2 Å². The molecule has 0 bridgehead atoms. The first-order valence-electron chi connectivity index (χ1n) is 9.21. The van der Waals surface area contributed by atoms with Crippen LogP contribution in [0.4, 0.5) is 0 Å². The zero-order chi connectivity index (χ0) is 21.7. The average Bonchev–Trinajstić information content (AvgIpc) is 2.69. The lowest BCUT2D eigenvalue weighted by Gasteiger charge is -2.10. The summed E-state index contributed by atoms with van der Waals surface area (Å²) in [6.07, 6.45) is 3.05. The fourth-order valence-electron chi connectivity index (χ4n) is 2.66. The highest BCUT2D eigenvalue weighted by Crippen LogP contribution is 2.24. The number of hydrogen-bond donors (Lipinski definition) is 2. The molecule has 0 radical (unpaired) electrons. The third kappa shape index (κ3) is 5.63. The van der Waals surface area contributed by atoms with E-state index in [2.05, 4.69) is 9.97 Å². The molecule has 0 unspecified atom stereocenters. The summed E-state index contributed by atoms with van der Waals surface area (Å²) in [5.74, 6) is 0.734. The molecule has 3 aromatic rings. The van der Waals surface area contributed by atoms with Crippen molar-refractivity contribution in [1.29, 1.82) is 0 Å². The predicted octanol–water partition coefficient (Wildman–Crippen LogP) is 1.97. The molecule has 0 saturated carbocycles. The van der Waals surface area contributed by atoms with Gasteiger partial charge in [-0.1, -0.05) is 41.4 Å². The van der Waals surface area contributed by atoms with Crippen molar-refractivity contribution in [2.45, 2.75) is 0 Å². The molecule has 1 aromatic heterocycles. The van der Waals surface area contributed by atoms with Crippen molar-refractivity contribution in [3.05, 3.63) is 95.0 Å². The summed E-state index contributed by atoms with van der Waals surface area (Å²) in [6, 6.07) is 12.3. The van der Waals surface area contributed by atoms with Crippen molar-refractivity contribution in [3.8, 4) is 5.75 Å². The van der Waals surface area contributed by atoms with E-state index in [0.717, 1.165) is 17.9 Å². The number of likely N-dealkylation sites (N-methyl/N-ethyl adjacent to an activating group) is 1. The van der Waals surface area contributed by atoms with Gasteiger partial charge >= 0.3 is 0 Å². The molecule has 0 atom stereocenters. The largest absolute Gasteiger partial charge is 0.492 e. The van der Waals surface area contributed by atoms with Crippen molar-refractivity contribution < 1.29 is 4.74 Å². The Bertz CT molecular complexity index is 1240. The van der Waals surface area contributed by atoms with Crippen LogP contribution in [0.15, 0.2) is 52.1 Å². The molecule has 2 N–H and O–H groups in total. The number of rotatable bonds is 6. The number of benzene rings is 2. The molecule has 0 aliphatic heterocycles. The summed E-state index contributed by atoms with van der Waals surface area (Å²) >= 11 is 12.3. The molecular weight excluding hydrogens is 425 g/mol. The minimum absolute atomic E-state index is 0.0665. The smallest absolute Gasteiger partial charge is 0.272 e.